The van der Waals surface area contributed by atoms with Crippen molar-refractivity contribution in [2.45, 2.75) is 13.8 Å². The Labute approximate surface area is 101 Å². The maximum absolute atomic E-state index is 12.8. The maximum Gasteiger partial charge on any atom is 0.213 e. The van der Waals surface area contributed by atoms with E-state index < -0.39 is 0 Å². The zero-order chi connectivity index (χ0) is 12.0. The highest BCUT2D eigenvalue weighted by Gasteiger charge is 2.14. The van der Waals surface area contributed by atoms with E-state index in [1.54, 1.807) is 10.6 Å². The third-order valence-corrected chi connectivity index (χ3v) is 3.32. The van der Waals surface area contributed by atoms with Crippen LogP contribution in [0, 0.1) is 19.7 Å². The van der Waals surface area contributed by atoms with Crippen LogP contribution in [-0.4, -0.2) is 19.6 Å². The van der Waals surface area contributed by atoms with E-state index in [1.807, 2.05) is 13.8 Å². The Balaban J connectivity index is 2.20. The van der Waals surface area contributed by atoms with Crippen LogP contribution in [-0.2, 0) is 0 Å². The van der Waals surface area contributed by atoms with Crippen LogP contribution in [0.3, 0.4) is 0 Å². The second-order valence-electron chi connectivity index (χ2n) is 3.72. The Kier molecular flexibility index (Phi) is 2.19. The third kappa shape index (κ3) is 1.61. The highest BCUT2D eigenvalue weighted by atomic mass is 32.1. The minimum atomic E-state index is -0.346. The number of fused-ring (bicyclic) bond motifs is 1. The highest BCUT2D eigenvalue weighted by Crippen LogP contribution is 2.24. The van der Waals surface area contributed by atoms with Crippen molar-refractivity contribution in [3.05, 3.63) is 34.8 Å². The number of nitrogens with zero attached hydrogens (tertiary/aromatic N) is 4. The fourth-order valence-corrected chi connectivity index (χ4v) is 2.49. The van der Waals surface area contributed by atoms with Crippen LogP contribution >= 0.6 is 11.3 Å². The van der Waals surface area contributed by atoms with E-state index in [0.717, 1.165) is 21.4 Å². The third-order valence-electron chi connectivity index (χ3n) is 2.50. The molecule has 0 unspecified atom stereocenters. The van der Waals surface area contributed by atoms with Gasteiger partial charge in [-0.25, -0.2) is 13.9 Å². The second-order valence-corrected chi connectivity index (χ2v) is 4.88. The zero-order valence-corrected chi connectivity index (χ0v) is 10.1. The van der Waals surface area contributed by atoms with Gasteiger partial charge in [-0.05, 0) is 26.0 Å². The number of pyridine rings is 1. The molecule has 6 heteroatoms. The molecule has 0 aliphatic carbocycles. The lowest BCUT2D eigenvalue weighted by Crippen LogP contribution is -1.91. The summed E-state index contributed by atoms with van der Waals surface area (Å²) < 4.78 is 14.6. The number of hydrogen-bond donors (Lipinski definition) is 0. The maximum atomic E-state index is 12.8. The molecule has 17 heavy (non-hydrogen) atoms. The van der Waals surface area contributed by atoms with Crippen molar-refractivity contribution in [3.8, 4) is 11.4 Å². The molecule has 0 amide bonds. The van der Waals surface area contributed by atoms with Crippen molar-refractivity contribution in [3.63, 3.8) is 0 Å². The molecule has 0 bridgehead atoms. The minimum absolute atomic E-state index is 0.346. The van der Waals surface area contributed by atoms with Gasteiger partial charge >= 0.3 is 0 Å². The van der Waals surface area contributed by atoms with Gasteiger partial charge in [0.15, 0.2) is 0 Å². The monoisotopic (exact) mass is 248 g/mol. The molecule has 0 aromatic carbocycles. The standard InChI is InChI=1S/C11H9FN4S/c1-6-10(9-4-3-8(12)5-13-9)14-11-16(6)15-7(2)17-11/h3-5H,1-2H3. The summed E-state index contributed by atoms with van der Waals surface area (Å²) in [5, 5.41) is 5.31. The Hall–Kier alpha value is -1.82. The van der Waals surface area contributed by atoms with Crippen LogP contribution in [0.25, 0.3) is 16.3 Å². The summed E-state index contributed by atoms with van der Waals surface area (Å²) in [5.74, 6) is -0.346. The summed E-state index contributed by atoms with van der Waals surface area (Å²) >= 11 is 1.52. The van der Waals surface area contributed by atoms with E-state index in [-0.39, 0.29) is 5.82 Å². The molecule has 86 valence electrons. The number of imidazole rings is 1. The molecule has 0 aliphatic rings. The summed E-state index contributed by atoms with van der Waals surface area (Å²) in [7, 11) is 0. The Bertz CT molecular complexity index is 683. The lowest BCUT2D eigenvalue weighted by Gasteiger charge is -1.97. The summed E-state index contributed by atoms with van der Waals surface area (Å²) in [6.45, 7) is 3.87. The van der Waals surface area contributed by atoms with Crippen molar-refractivity contribution < 1.29 is 4.39 Å². The van der Waals surface area contributed by atoms with Crippen molar-refractivity contribution in [2.75, 3.05) is 0 Å². The fourth-order valence-electron chi connectivity index (χ4n) is 1.70. The topological polar surface area (TPSA) is 43.1 Å². The number of aromatic nitrogens is 4. The van der Waals surface area contributed by atoms with Gasteiger partial charge in [0.05, 0.1) is 17.6 Å². The van der Waals surface area contributed by atoms with E-state index in [0.29, 0.717) is 5.69 Å². The summed E-state index contributed by atoms with van der Waals surface area (Å²) in [6.07, 6.45) is 1.20. The first-order valence-electron chi connectivity index (χ1n) is 5.10. The molecule has 0 saturated heterocycles. The molecule has 3 aromatic rings. The molecule has 0 fully saturated rings. The first kappa shape index (κ1) is 10.3. The summed E-state index contributed by atoms with van der Waals surface area (Å²) in [4.78, 5) is 9.33. The van der Waals surface area contributed by atoms with Crippen molar-refractivity contribution in [1.29, 1.82) is 0 Å². The van der Waals surface area contributed by atoms with Gasteiger partial charge in [0.2, 0.25) is 4.96 Å². The van der Waals surface area contributed by atoms with Gasteiger partial charge in [-0.3, -0.25) is 4.98 Å². The first-order chi connectivity index (χ1) is 8.15. The van der Waals surface area contributed by atoms with Crippen molar-refractivity contribution in [2.24, 2.45) is 0 Å². The Morgan fingerprint density at radius 2 is 2.12 bits per heavy atom. The van der Waals surface area contributed by atoms with E-state index in [4.69, 9.17) is 0 Å². The normalized spacial score (nSPS) is 11.2. The number of hydrogen-bond acceptors (Lipinski definition) is 4. The van der Waals surface area contributed by atoms with Gasteiger partial charge in [-0.2, -0.15) is 5.10 Å². The van der Waals surface area contributed by atoms with Gasteiger partial charge in [-0.15, -0.1) is 0 Å². The van der Waals surface area contributed by atoms with Crippen LogP contribution in [0.4, 0.5) is 4.39 Å². The van der Waals surface area contributed by atoms with Crippen molar-refractivity contribution in [1.82, 2.24) is 19.6 Å². The largest absolute Gasteiger partial charge is 0.251 e. The second kappa shape index (κ2) is 3.59. The fraction of sp³-hybridized carbons (Fsp3) is 0.182. The number of aryl methyl sites for hydroxylation is 2. The summed E-state index contributed by atoms with van der Waals surface area (Å²) in [5.41, 5.74) is 2.34. The van der Waals surface area contributed by atoms with Crippen LogP contribution in [0.2, 0.25) is 0 Å². The lowest BCUT2D eigenvalue weighted by molar-refractivity contribution is 0.622. The molecule has 3 aromatic heterocycles. The molecule has 0 radical (unpaired) electrons. The predicted octanol–water partition coefficient (Wildman–Crippen LogP) is 2.61. The van der Waals surface area contributed by atoms with Gasteiger partial charge in [0.1, 0.15) is 16.5 Å². The molecular formula is C11H9FN4S. The highest BCUT2D eigenvalue weighted by molar-refractivity contribution is 7.16. The van der Waals surface area contributed by atoms with Gasteiger partial charge in [0, 0.05) is 0 Å². The molecule has 0 atom stereocenters. The van der Waals surface area contributed by atoms with Gasteiger partial charge < -0.3 is 0 Å². The number of halogens is 1. The van der Waals surface area contributed by atoms with Crippen molar-refractivity contribution >= 4 is 16.3 Å². The first-order valence-corrected chi connectivity index (χ1v) is 5.91. The quantitative estimate of drug-likeness (QED) is 0.665. The van der Waals surface area contributed by atoms with Gasteiger partial charge in [0.25, 0.3) is 0 Å². The summed E-state index contributed by atoms with van der Waals surface area (Å²) in [6, 6.07) is 3.01. The van der Waals surface area contributed by atoms with Crippen LogP contribution in [0.15, 0.2) is 18.3 Å². The Morgan fingerprint density at radius 1 is 1.29 bits per heavy atom. The van der Waals surface area contributed by atoms with Crippen LogP contribution in [0.1, 0.15) is 10.7 Å². The molecule has 3 rings (SSSR count). The zero-order valence-electron chi connectivity index (χ0n) is 9.31. The van der Waals surface area contributed by atoms with Crippen LogP contribution in [0.5, 0.6) is 0 Å². The van der Waals surface area contributed by atoms with E-state index in [1.165, 1.54) is 23.6 Å². The average molecular weight is 248 g/mol. The molecule has 0 N–H and O–H groups in total. The lowest BCUT2D eigenvalue weighted by atomic mass is 10.2. The van der Waals surface area contributed by atoms with E-state index >= 15 is 0 Å². The molecule has 0 aliphatic heterocycles. The van der Waals surface area contributed by atoms with E-state index in [9.17, 15) is 4.39 Å². The molecule has 4 nitrogen and oxygen atoms in total. The molecule has 0 saturated carbocycles. The molecule has 3 heterocycles. The minimum Gasteiger partial charge on any atom is -0.251 e. The van der Waals surface area contributed by atoms with Crippen LogP contribution < -0.4 is 0 Å². The molecule has 0 spiro atoms. The SMILES string of the molecule is Cc1nn2c(C)c(-c3ccc(F)cn3)nc2s1. The molecular weight excluding hydrogens is 239 g/mol. The number of rotatable bonds is 1. The van der Waals surface area contributed by atoms with Gasteiger partial charge in [-0.1, -0.05) is 11.3 Å². The average Bonchev–Trinajstić information content (AvgIpc) is 2.79. The Morgan fingerprint density at radius 3 is 2.76 bits per heavy atom. The van der Waals surface area contributed by atoms with E-state index in [2.05, 4.69) is 15.1 Å². The predicted molar refractivity (Wildman–Crippen MR) is 63.5 cm³/mol. The smallest absolute Gasteiger partial charge is 0.213 e.